The molecule has 9 heteroatoms. The minimum Gasteiger partial charge on any atom is -0.350 e. The molecular weight excluding hydrogens is 358 g/mol. The number of carbonyl (C=O) groups excluding carboxylic acids is 2. The molecule has 0 radical (unpaired) electrons. The summed E-state index contributed by atoms with van der Waals surface area (Å²) in [5.74, 6) is -0.241. The highest BCUT2D eigenvalue weighted by atomic mass is 16.2. The van der Waals surface area contributed by atoms with Gasteiger partial charge in [0.25, 0.3) is 5.91 Å². The first kappa shape index (κ1) is 19.7. The largest absolute Gasteiger partial charge is 0.350 e. The van der Waals surface area contributed by atoms with Crippen LogP contribution in [0.4, 0.5) is 4.79 Å². The molecule has 0 spiro atoms. The van der Waals surface area contributed by atoms with Gasteiger partial charge < -0.3 is 20.9 Å². The van der Waals surface area contributed by atoms with E-state index in [0.717, 1.165) is 23.5 Å². The van der Waals surface area contributed by atoms with Gasteiger partial charge in [-0.3, -0.25) is 9.48 Å². The summed E-state index contributed by atoms with van der Waals surface area (Å²) in [6, 6.07) is -0.948. The maximum atomic E-state index is 12.9. The number of nitrogens with zero attached hydrogens (tertiary/aromatic N) is 3. The van der Waals surface area contributed by atoms with E-state index in [0.29, 0.717) is 30.1 Å². The Hall–Kier alpha value is -3.10. The average Bonchev–Trinajstić information content (AvgIpc) is 3.17. The molecule has 150 valence electrons. The number of rotatable bonds is 6. The second kappa shape index (κ2) is 7.87. The summed E-state index contributed by atoms with van der Waals surface area (Å²) in [5, 5.41) is 13.0. The fourth-order valence-corrected chi connectivity index (χ4v) is 3.69. The first-order chi connectivity index (χ1) is 13.3. The van der Waals surface area contributed by atoms with Crippen LogP contribution in [0.2, 0.25) is 0 Å². The maximum Gasteiger partial charge on any atom is 0.319 e. The van der Waals surface area contributed by atoms with E-state index in [1.165, 1.54) is 5.56 Å². The second-order valence-electron chi connectivity index (χ2n) is 6.96. The summed E-state index contributed by atoms with van der Waals surface area (Å²) in [6.07, 6.45) is 2.49. The number of hydrogen-bond donors (Lipinski definition) is 4. The number of aromatic nitrogens is 4. The number of urea groups is 1. The molecule has 0 saturated carbocycles. The van der Waals surface area contributed by atoms with Crippen molar-refractivity contribution in [2.45, 2.75) is 53.6 Å². The van der Waals surface area contributed by atoms with Crippen molar-refractivity contribution >= 4 is 11.9 Å². The average molecular weight is 385 g/mol. The van der Waals surface area contributed by atoms with Crippen LogP contribution < -0.4 is 16.0 Å². The van der Waals surface area contributed by atoms with Crippen molar-refractivity contribution in [2.75, 3.05) is 6.54 Å². The van der Waals surface area contributed by atoms with Gasteiger partial charge in [-0.05, 0) is 39.7 Å². The zero-order chi connectivity index (χ0) is 20.4. The van der Waals surface area contributed by atoms with Crippen molar-refractivity contribution in [3.05, 3.63) is 45.9 Å². The van der Waals surface area contributed by atoms with Gasteiger partial charge in [0, 0.05) is 23.6 Å². The Kier molecular flexibility index (Phi) is 5.53. The Bertz CT molecular complexity index is 938. The zero-order valence-electron chi connectivity index (χ0n) is 16.9. The first-order valence-electron chi connectivity index (χ1n) is 9.42. The third kappa shape index (κ3) is 3.64. The fourth-order valence-electron chi connectivity index (χ4n) is 3.69. The van der Waals surface area contributed by atoms with E-state index in [2.05, 4.69) is 37.9 Å². The summed E-state index contributed by atoms with van der Waals surface area (Å²) in [6.45, 7) is 10.7. The molecule has 9 nitrogen and oxygen atoms in total. The predicted octanol–water partition coefficient (Wildman–Crippen LogP) is 1.54. The third-order valence-electron chi connectivity index (χ3n) is 5.15. The Morgan fingerprint density at radius 3 is 2.64 bits per heavy atom. The number of aryl methyl sites for hydroxylation is 2. The Labute approximate surface area is 164 Å². The lowest BCUT2D eigenvalue weighted by Gasteiger charge is -2.27. The second-order valence-corrected chi connectivity index (χ2v) is 6.96. The number of hydrogen-bond acceptors (Lipinski definition) is 4. The van der Waals surface area contributed by atoms with Gasteiger partial charge in [0.15, 0.2) is 0 Å². The number of nitrogens with one attached hydrogen (secondary N) is 4. The van der Waals surface area contributed by atoms with Crippen LogP contribution >= 0.6 is 0 Å². The number of carbonyl (C=O) groups is 2. The summed E-state index contributed by atoms with van der Waals surface area (Å²) in [5.41, 5.74) is 5.81. The van der Waals surface area contributed by atoms with Crippen LogP contribution in [0.25, 0.3) is 0 Å². The highest BCUT2D eigenvalue weighted by molar-refractivity contribution is 5.98. The smallest absolute Gasteiger partial charge is 0.319 e. The van der Waals surface area contributed by atoms with Crippen LogP contribution in [-0.2, 0) is 17.8 Å². The van der Waals surface area contributed by atoms with Gasteiger partial charge >= 0.3 is 6.03 Å². The van der Waals surface area contributed by atoms with E-state index in [1.54, 1.807) is 13.3 Å². The molecule has 0 bridgehead atoms. The molecule has 1 aliphatic rings. The van der Waals surface area contributed by atoms with Crippen LogP contribution in [0, 0.1) is 20.8 Å². The van der Waals surface area contributed by atoms with Crippen molar-refractivity contribution in [3.8, 4) is 0 Å². The molecule has 0 aromatic carbocycles. The van der Waals surface area contributed by atoms with Gasteiger partial charge in [-0.2, -0.15) is 5.10 Å². The Morgan fingerprint density at radius 2 is 2.04 bits per heavy atom. The maximum absolute atomic E-state index is 12.9. The standard InChI is InChI=1S/C19H27N7O2/c1-6-14-10(2)25-26(13(14)5)8-7-20-18(27)15-11(3)23-19(28)24-17(15)16-12(4)21-9-22-16/h9,17H,6-8H2,1-5H3,(H,20,27)(H,21,22)(H2,23,24,28). The SMILES string of the molecule is CCc1c(C)nn(CCNC(=O)C2=C(C)NC(=O)NC2c2nc[nH]c2C)c1C. The van der Waals surface area contributed by atoms with Crippen LogP contribution in [0.15, 0.2) is 17.6 Å². The predicted molar refractivity (Wildman–Crippen MR) is 105 cm³/mol. The number of aromatic amines is 1. The molecule has 4 N–H and O–H groups in total. The topological polar surface area (TPSA) is 117 Å². The van der Waals surface area contributed by atoms with Gasteiger partial charge in [-0.25, -0.2) is 9.78 Å². The highest BCUT2D eigenvalue weighted by Gasteiger charge is 2.33. The van der Waals surface area contributed by atoms with Crippen LogP contribution in [0.3, 0.4) is 0 Å². The van der Waals surface area contributed by atoms with Gasteiger partial charge in [0.05, 0.1) is 29.8 Å². The van der Waals surface area contributed by atoms with Gasteiger partial charge in [-0.1, -0.05) is 6.92 Å². The number of H-pyrrole nitrogens is 1. The van der Waals surface area contributed by atoms with Crippen molar-refractivity contribution in [1.29, 1.82) is 0 Å². The van der Waals surface area contributed by atoms with Crippen LogP contribution in [0.5, 0.6) is 0 Å². The minimum absolute atomic E-state index is 0.241. The lowest BCUT2D eigenvalue weighted by atomic mass is 9.98. The molecule has 1 aliphatic heterocycles. The Morgan fingerprint density at radius 1 is 1.29 bits per heavy atom. The molecule has 3 rings (SSSR count). The number of amides is 3. The van der Waals surface area contributed by atoms with E-state index in [9.17, 15) is 9.59 Å². The molecule has 0 aliphatic carbocycles. The molecule has 28 heavy (non-hydrogen) atoms. The molecule has 3 amide bonds. The molecule has 1 unspecified atom stereocenters. The van der Waals surface area contributed by atoms with Crippen LogP contribution in [-0.4, -0.2) is 38.2 Å². The molecule has 0 fully saturated rings. The normalized spacial score (nSPS) is 16.8. The molecule has 0 saturated heterocycles. The van der Waals surface area contributed by atoms with Crippen LogP contribution in [0.1, 0.15) is 48.2 Å². The van der Waals surface area contributed by atoms with Crippen molar-refractivity contribution in [2.24, 2.45) is 0 Å². The van der Waals surface area contributed by atoms with E-state index >= 15 is 0 Å². The first-order valence-corrected chi connectivity index (χ1v) is 9.42. The molecular formula is C19H27N7O2. The monoisotopic (exact) mass is 385 g/mol. The fraction of sp³-hybridized carbons (Fsp3) is 0.474. The summed E-state index contributed by atoms with van der Waals surface area (Å²) in [4.78, 5) is 32.1. The molecule has 3 heterocycles. The highest BCUT2D eigenvalue weighted by Crippen LogP contribution is 2.26. The minimum atomic E-state index is -0.597. The van der Waals surface area contributed by atoms with E-state index in [1.807, 2.05) is 25.5 Å². The van der Waals surface area contributed by atoms with Gasteiger partial charge in [-0.15, -0.1) is 0 Å². The molecule has 1 atom stereocenters. The lowest BCUT2D eigenvalue weighted by molar-refractivity contribution is -0.118. The third-order valence-corrected chi connectivity index (χ3v) is 5.15. The quantitative estimate of drug-likeness (QED) is 0.603. The molecule has 2 aromatic rings. The Balaban J connectivity index is 1.74. The summed E-state index contributed by atoms with van der Waals surface area (Å²) >= 11 is 0. The lowest BCUT2D eigenvalue weighted by Crippen LogP contribution is -2.47. The van der Waals surface area contributed by atoms with Crippen molar-refractivity contribution < 1.29 is 9.59 Å². The number of imidazole rings is 1. The summed E-state index contributed by atoms with van der Waals surface area (Å²) < 4.78 is 1.92. The van der Waals surface area contributed by atoms with Crippen molar-refractivity contribution in [1.82, 2.24) is 35.7 Å². The summed E-state index contributed by atoms with van der Waals surface area (Å²) in [7, 11) is 0. The van der Waals surface area contributed by atoms with E-state index < -0.39 is 6.04 Å². The van der Waals surface area contributed by atoms with E-state index in [-0.39, 0.29) is 11.9 Å². The van der Waals surface area contributed by atoms with Gasteiger partial charge in [0.1, 0.15) is 6.04 Å². The molecule has 2 aromatic heterocycles. The number of allylic oxidation sites excluding steroid dienone is 1. The zero-order valence-corrected chi connectivity index (χ0v) is 16.9. The van der Waals surface area contributed by atoms with E-state index in [4.69, 9.17) is 0 Å². The van der Waals surface area contributed by atoms with Gasteiger partial charge in [0.2, 0.25) is 0 Å². The van der Waals surface area contributed by atoms with Crippen molar-refractivity contribution in [3.63, 3.8) is 0 Å².